The molecule has 27 nitrogen and oxygen atoms in total. The van der Waals surface area contributed by atoms with Crippen molar-refractivity contribution in [1.82, 2.24) is 62.4 Å². The molecule has 6 heterocycles. The van der Waals surface area contributed by atoms with E-state index in [2.05, 4.69) is 44.7 Å². The first-order chi connectivity index (χ1) is 32.7. The molecule has 8 N–H and O–H groups in total. The number of halogens is 4. The van der Waals surface area contributed by atoms with Crippen molar-refractivity contribution >= 4 is 79.0 Å². The number of rotatable bonds is 10. The Morgan fingerprint density at radius 1 is 0.704 bits per heavy atom. The van der Waals surface area contributed by atoms with Crippen LogP contribution in [0.5, 0.6) is 0 Å². The minimum Gasteiger partial charge on any atom is -0.475 e. The van der Waals surface area contributed by atoms with Gasteiger partial charge in [0.25, 0.3) is 22.9 Å². The number of aldehydes is 1. The molecule has 0 atom stereocenters. The van der Waals surface area contributed by atoms with Crippen LogP contribution in [0.25, 0.3) is 45.1 Å². The van der Waals surface area contributed by atoms with Crippen LogP contribution >= 0.6 is 12.4 Å². The van der Waals surface area contributed by atoms with Crippen LogP contribution in [0.4, 0.5) is 13.2 Å². The third-order valence-electron chi connectivity index (χ3n) is 10.2. The van der Waals surface area contributed by atoms with Gasteiger partial charge in [0.15, 0.2) is 23.0 Å². The first kappa shape index (κ1) is 56.5. The number of fused-ring (bicyclic) bond motifs is 4. The van der Waals surface area contributed by atoms with Gasteiger partial charge in [-0.1, -0.05) is 0 Å². The van der Waals surface area contributed by atoms with Crippen LogP contribution in [0, 0.1) is 27.7 Å². The third-order valence-corrected chi connectivity index (χ3v) is 13.2. The molecule has 2 fully saturated rings. The molecule has 2 aromatic rings. The zero-order valence-corrected chi connectivity index (χ0v) is 40.1. The van der Waals surface area contributed by atoms with Crippen molar-refractivity contribution in [3.63, 3.8) is 0 Å². The standard InChI is InChI=1S/C18H21N7O5S.C14H12N4O3.C4H9N3O3S.C2HF3O2.ClH/c1-10-7-12-13(8-11(10)2)24(16-15(21-12)17(27)23-18(28)22-16)5-3-19-4-6-25-14(26)9-20-31(25,29)30;1-7-5-9-10(6-8(7)2)18(3-4-19)12-11(15-9)13(20)17-14(21)16-12;5-1-2-7-4(8)3-6-11(7,9)10;3-2(4,5)1(6)7;/h7-8,19-20H,3-6,9H2,1-2H3,(H,23,27,28);4-6H,3H2,1-2H3,(H,17,20,21);6H,1-3,5H2;(H,6,7);1H. The van der Waals surface area contributed by atoms with E-state index in [1.54, 1.807) is 4.57 Å². The molecule has 0 spiro atoms. The van der Waals surface area contributed by atoms with Crippen LogP contribution in [0.2, 0.25) is 0 Å². The van der Waals surface area contributed by atoms with Crippen LogP contribution in [0.3, 0.4) is 0 Å². The molecule has 6 aliphatic rings. The fourth-order valence-electron chi connectivity index (χ4n) is 6.60. The molecule has 0 unspecified atom stereocenters. The highest BCUT2D eigenvalue weighted by Gasteiger charge is 2.38. The molecule has 2 aromatic carbocycles. The zero-order chi connectivity index (χ0) is 52.0. The SMILES string of the molecule is Cc1cc2nc3c(=O)[nH]c(=O)nc-3n(CC=O)c2cc1C.Cc1cc2nc3c(=O)[nH]c(=O)nc-3n(CCNCCN3C(=O)CNS3(=O)=O)c2cc1C.Cl.NCCN1C(=O)CNS1(=O)=O.O=C(O)C(F)(F)F. The molecule has 71 heavy (non-hydrogen) atoms. The zero-order valence-electron chi connectivity index (χ0n) is 37.6. The molecule has 2 amide bonds. The van der Waals surface area contributed by atoms with E-state index >= 15 is 0 Å². The fraction of sp³-hybridized carbons (Fsp3) is 0.368. The number of aromatic amines is 2. The normalized spacial score (nSPS) is 14.9. The molecule has 0 saturated carbocycles. The number of aliphatic carboxylic acids is 1. The van der Waals surface area contributed by atoms with Gasteiger partial charge >= 0.3 is 43.9 Å². The summed E-state index contributed by atoms with van der Waals surface area (Å²) in [5.41, 5.74) is 9.14. The maximum Gasteiger partial charge on any atom is 0.490 e. The molecule has 384 valence electrons. The highest BCUT2D eigenvalue weighted by Crippen LogP contribution is 2.25. The molecule has 0 aliphatic carbocycles. The van der Waals surface area contributed by atoms with E-state index in [1.165, 1.54) is 4.57 Å². The predicted molar refractivity (Wildman–Crippen MR) is 247 cm³/mol. The van der Waals surface area contributed by atoms with Crippen molar-refractivity contribution in [2.45, 2.75) is 47.0 Å². The van der Waals surface area contributed by atoms with Gasteiger partial charge in [-0.3, -0.25) is 29.1 Å². The number of amides is 2. The van der Waals surface area contributed by atoms with Gasteiger partial charge in [0, 0.05) is 26.2 Å². The molecular formula is C38H44ClF3N14O13S2. The van der Waals surface area contributed by atoms with Crippen LogP contribution in [-0.4, -0.2) is 146 Å². The smallest absolute Gasteiger partial charge is 0.475 e. The number of carboxylic acid groups (broad SMARTS) is 1. The Labute approximate surface area is 404 Å². The maximum atomic E-state index is 12.3. The number of H-pyrrole nitrogens is 2. The van der Waals surface area contributed by atoms with Gasteiger partial charge in [-0.15, -0.1) is 12.4 Å². The molecule has 0 bridgehead atoms. The lowest BCUT2D eigenvalue weighted by molar-refractivity contribution is -0.192. The average molecular weight is 1060 g/mol. The quantitative estimate of drug-likeness (QED) is 0.0425. The minimum atomic E-state index is -5.08. The first-order valence-corrected chi connectivity index (χ1v) is 23.2. The molecule has 2 saturated heterocycles. The van der Waals surface area contributed by atoms with E-state index in [4.69, 9.17) is 15.6 Å². The largest absolute Gasteiger partial charge is 0.490 e. The number of carboxylic acids is 1. The van der Waals surface area contributed by atoms with E-state index in [9.17, 15) is 63.6 Å². The van der Waals surface area contributed by atoms with Crippen LogP contribution in [-0.2, 0) is 52.7 Å². The number of carbonyl (C=O) groups excluding carboxylic acids is 3. The molecular weight excluding hydrogens is 1020 g/mol. The third kappa shape index (κ3) is 13.2. The Bertz CT molecular complexity index is 3440. The summed E-state index contributed by atoms with van der Waals surface area (Å²) in [7, 11) is -7.30. The number of carbonyl (C=O) groups is 4. The highest BCUT2D eigenvalue weighted by molar-refractivity contribution is 7.88. The van der Waals surface area contributed by atoms with E-state index in [0.717, 1.165) is 36.4 Å². The summed E-state index contributed by atoms with van der Waals surface area (Å²) in [5.74, 6) is -3.41. The summed E-state index contributed by atoms with van der Waals surface area (Å²) >= 11 is 0. The van der Waals surface area contributed by atoms with Gasteiger partial charge in [0.2, 0.25) is 0 Å². The number of hydrogen-bond donors (Lipinski definition) is 7. The van der Waals surface area contributed by atoms with Crippen molar-refractivity contribution in [3.8, 4) is 23.0 Å². The summed E-state index contributed by atoms with van der Waals surface area (Å²) in [6, 6.07) is 7.50. The number of nitrogens with two attached hydrogens (primary N) is 1. The molecule has 0 radical (unpaired) electrons. The molecule has 0 aromatic heterocycles. The summed E-state index contributed by atoms with van der Waals surface area (Å²) in [5, 5.41) is 10.2. The number of nitrogens with zero attached hydrogens (tertiary/aromatic N) is 8. The lowest BCUT2D eigenvalue weighted by Crippen LogP contribution is -2.38. The van der Waals surface area contributed by atoms with E-state index in [-0.39, 0.29) is 81.3 Å². The van der Waals surface area contributed by atoms with Crippen molar-refractivity contribution < 1.29 is 54.3 Å². The monoisotopic (exact) mass is 1060 g/mol. The number of aromatic nitrogens is 8. The predicted octanol–water partition coefficient (Wildman–Crippen LogP) is -2.46. The van der Waals surface area contributed by atoms with Crippen molar-refractivity contribution in [3.05, 3.63) is 88.2 Å². The van der Waals surface area contributed by atoms with Crippen LogP contribution in [0.15, 0.2) is 43.4 Å². The minimum absolute atomic E-state index is 0. The number of alkyl halides is 3. The summed E-state index contributed by atoms with van der Waals surface area (Å²) < 4.78 is 86.1. The van der Waals surface area contributed by atoms with Crippen molar-refractivity contribution in [1.29, 1.82) is 0 Å². The van der Waals surface area contributed by atoms with E-state index in [1.807, 2.05) is 52.0 Å². The number of nitrogens with one attached hydrogen (secondary N) is 5. The Kier molecular flexibility index (Phi) is 18.1. The number of hydrogen-bond acceptors (Lipinski definition) is 18. The number of benzene rings is 2. The Hall–Kier alpha value is -7.10. The van der Waals surface area contributed by atoms with Gasteiger partial charge in [0.05, 0.1) is 54.8 Å². The van der Waals surface area contributed by atoms with Crippen molar-refractivity contribution in [2.75, 3.05) is 45.8 Å². The number of aryl methyl sites for hydroxylation is 4. The maximum absolute atomic E-state index is 12.3. The van der Waals surface area contributed by atoms with Crippen LogP contribution < -0.4 is 43.0 Å². The van der Waals surface area contributed by atoms with Crippen LogP contribution in [0.1, 0.15) is 22.3 Å². The summed E-state index contributed by atoms with van der Waals surface area (Å²) in [4.78, 5) is 110. The molecule has 33 heteroatoms. The van der Waals surface area contributed by atoms with Gasteiger partial charge in [-0.05, 0) is 74.2 Å². The van der Waals surface area contributed by atoms with Crippen molar-refractivity contribution in [2.24, 2.45) is 5.73 Å². The van der Waals surface area contributed by atoms with Gasteiger partial charge in [-0.2, -0.15) is 49.4 Å². The lowest BCUT2D eigenvalue weighted by Gasteiger charge is -2.18. The second-order valence-electron chi connectivity index (χ2n) is 15.0. The summed E-state index contributed by atoms with van der Waals surface area (Å²) in [6.45, 7) is 8.54. The first-order valence-electron chi connectivity index (χ1n) is 20.3. The molecule has 8 rings (SSSR count). The second-order valence-corrected chi connectivity index (χ2v) is 18.4. The van der Waals surface area contributed by atoms with E-state index < -0.39 is 66.9 Å². The lowest BCUT2D eigenvalue weighted by atomic mass is 10.1. The fourth-order valence-corrected chi connectivity index (χ4v) is 8.86. The molecule has 6 aliphatic heterocycles. The average Bonchev–Trinajstić information content (AvgIpc) is 3.68. The van der Waals surface area contributed by atoms with E-state index in [0.29, 0.717) is 35.9 Å². The Morgan fingerprint density at radius 2 is 1.10 bits per heavy atom. The van der Waals surface area contributed by atoms with Gasteiger partial charge < -0.3 is 30.1 Å². The second kappa shape index (κ2) is 22.8. The van der Waals surface area contributed by atoms with Gasteiger partial charge in [-0.25, -0.2) is 33.0 Å². The highest BCUT2D eigenvalue weighted by atomic mass is 35.5. The Morgan fingerprint density at radius 3 is 1.49 bits per heavy atom. The summed E-state index contributed by atoms with van der Waals surface area (Å²) in [6.07, 6.45) is -4.39. The van der Waals surface area contributed by atoms with Gasteiger partial charge in [0.1, 0.15) is 6.29 Å². The Balaban J connectivity index is 0.000000235. The topological polar surface area (TPSA) is 387 Å².